The molecule has 2 N–H and O–H groups in total. The topological polar surface area (TPSA) is 82.0 Å². The predicted octanol–water partition coefficient (Wildman–Crippen LogP) is 2.72. The molecule has 0 radical (unpaired) electrons. The number of hydrazone groups is 1. The Morgan fingerprint density at radius 3 is 2.54 bits per heavy atom. The van der Waals surface area contributed by atoms with E-state index in [1.807, 2.05) is 52.7 Å². The number of carbonyl (C=O) groups is 1. The van der Waals surface area contributed by atoms with Crippen LogP contribution in [0, 0.1) is 5.82 Å². The van der Waals surface area contributed by atoms with Gasteiger partial charge in [0, 0.05) is 63.6 Å². The summed E-state index contributed by atoms with van der Waals surface area (Å²) >= 11 is 0. The molecule has 0 spiro atoms. The summed E-state index contributed by atoms with van der Waals surface area (Å²) in [5, 5.41) is 7.50. The highest BCUT2D eigenvalue weighted by atomic mass is 19.1. The quantitative estimate of drug-likeness (QED) is 0.422. The van der Waals surface area contributed by atoms with Crippen LogP contribution in [-0.4, -0.2) is 57.0 Å². The molecule has 0 atom stereocenters. The minimum atomic E-state index is -0.612. The summed E-state index contributed by atoms with van der Waals surface area (Å²) in [7, 11) is 3.91. The Balaban J connectivity index is 1.44. The highest BCUT2D eigenvalue weighted by molar-refractivity contribution is 5.98. The van der Waals surface area contributed by atoms with Gasteiger partial charge >= 0.3 is 0 Å². The van der Waals surface area contributed by atoms with E-state index in [0.717, 1.165) is 37.2 Å². The van der Waals surface area contributed by atoms with E-state index in [0.29, 0.717) is 24.3 Å². The first-order chi connectivity index (χ1) is 16.9. The van der Waals surface area contributed by atoms with Crippen molar-refractivity contribution in [1.82, 2.24) is 15.3 Å². The third-order valence-corrected chi connectivity index (χ3v) is 6.53. The van der Waals surface area contributed by atoms with Crippen molar-refractivity contribution in [2.45, 2.75) is 18.9 Å². The fraction of sp³-hybridized carbons (Fsp3) is 0.346. The van der Waals surface area contributed by atoms with Crippen LogP contribution in [0.3, 0.4) is 0 Å². The van der Waals surface area contributed by atoms with Gasteiger partial charge in [0.2, 0.25) is 5.43 Å². The molecule has 8 nitrogen and oxygen atoms in total. The molecule has 2 aromatic carbocycles. The highest BCUT2D eigenvalue weighted by Crippen LogP contribution is 2.38. The van der Waals surface area contributed by atoms with Gasteiger partial charge in [-0.2, -0.15) is 5.10 Å². The van der Waals surface area contributed by atoms with Crippen LogP contribution in [0.15, 0.2) is 52.5 Å². The number of hydrogen-bond donors (Lipinski definition) is 2. The third-order valence-electron chi connectivity index (χ3n) is 6.53. The molecule has 3 aromatic rings. The summed E-state index contributed by atoms with van der Waals surface area (Å²) < 4.78 is 17.0. The average Bonchev–Trinajstić information content (AvgIpc) is 3.70. The molecule has 0 unspecified atom stereocenters. The molecule has 2 aliphatic rings. The summed E-state index contributed by atoms with van der Waals surface area (Å²) in [6.07, 6.45) is 5.04. The van der Waals surface area contributed by atoms with Gasteiger partial charge in [-0.3, -0.25) is 9.59 Å². The Morgan fingerprint density at radius 2 is 1.89 bits per heavy atom. The third kappa shape index (κ3) is 4.77. The Morgan fingerprint density at radius 1 is 1.17 bits per heavy atom. The van der Waals surface area contributed by atoms with Crippen molar-refractivity contribution in [3.8, 4) is 0 Å². The van der Waals surface area contributed by atoms with Gasteiger partial charge in [-0.15, -0.1) is 0 Å². The van der Waals surface area contributed by atoms with Crippen molar-refractivity contribution in [2.75, 3.05) is 50.1 Å². The summed E-state index contributed by atoms with van der Waals surface area (Å²) in [6, 6.07) is 10.9. The molecule has 5 rings (SSSR count). The van der Waals surface area contributed by atoms with Gasteiger partial charge in [0.05, 0.1) is 17.4 Å². The van der Waals surface area contributed by atoms with Crippen LogP contribution in [0.1, 0.15) is 34.8 Å². The second-order valence-corrected chi connectivity index (χ2v) is 9.25. The normalized spacial score (nSPS) is 16.1. The van der Waals surface area contributed by atoms with Crippen LogP contribution in [0.25, 0.3) is 10.9 Å². The van der Waals surface area contributed by atoms with Crippen molar-refractivity contribution >= 4 is 34.4 Å². The Labute approximate surface area is 203 Å². The van der Waals surface area contributed by atoms with Gasteiger partial charge in [0.25, 0.3) is 5.91 Å². The van der Waals surface area contributed by atoms with E-state index in [1.54, 1.807) is 12.3 Å². The molecule has 0 bridgehead atoms. The second-order valence-electron chi connectivity index (χ2n) is 9.25. The standard InChI is InChI=1S/C26H29FN6O2/c1-31(2)18-5-3-17(4-6-18)15-29-30-26(35)21-16-33(19-7-8-19)23-14-24(32-11-9-28-10-12-32)22(27)13-20(23)25(21)34/h3-6,13-16,19,28H,7-12H2,1-2H3,(H,30,35)/b29-15-. The van der Waals surface area contributed by atoms with Crippen LogP contribution >= 0.6 is 0 Å². The van der Waals surface area contributed by atoms with Gasteiger partial charge < -0.3 is 19.7 Å². The molecule has 1 amide bonds. The van der Waals surface area contributed by atoms with Gasteiger partial charge in [0.1, 0.15) is 11.4 Å². The van der Waals surface area contributed by atoms with Crippen molar-refractivity contribution in [1.29, 1.82) is 0 Å². The maximum absolute atomic E-state index is 15.1. The number of aromatic nitrogens is 1. The Kier molecular flexibility index (Phi) is 6.25. The Bertz CT molecular complexity index is 1340. The van der Waals surface area contributed by atoms with Crippen LogP contribution in [0.4, 0.5) is 15.8 Å². The minimum Gasteiger partial charge on any atom is -0.378 e. The summed E-state index contributed by atoms with van der Waals surface area (Å²) in [6.45, 7) is 2.97. The first-order valence-corrected chi connectivity index (χ1v) is 11.9. The number of nitrogens with zero attached hydrogens (tertiary/aromatic N) is 4. The maximum atomic E-state index is 15.1. The number of amides is 1. The zero-order valence-electron chi connectivity index (χ0n) is 19.9. The van der Waals surface area contributed by atoms with Crippen molar-refractivity contribution in [3.63, 3.8) is 0 Å². The lowest BCUT2D eigenvalue weighted by atomic mass is 10.1. The van der Waals surface area contributed by atoms with Gasteiger partial charge in [-0.05, 0) is 42.7 Å². The fourth-order valence-corrected chi connectivity index (χ4v) is 4.41. The lowest BCUT2D eigenvalue weighted by Gasteiger charge is -2.30. The molecular formula is C26H29FN6O2. The number of piperazine rings is 1. The number of benzene rings is 2. The van der Waals surface area contributed by atoms with Crippen LogP contribution in [-0.2, 0) is 0 Å². The number of fused-ring (bicyclic) bond motifs is 1. The summed E-state index contributed by atoms with van der Waals surface area (Å²) in [5.41, 5.74) is 4.93. The molecule has 1 saturated heterocycles. The SMILES string of the molecule is CN(C)c1ccc(/C=N\NC(=O)c2cn(C3CC3)c3cc(N4CCNCC4)c(F)cc3c2=O)cc1. The first kappa shape index (κ1) is 23.0. The van der Waals surface area contributed by atoms with Gasteiger partial charge in [0.15, 0.2) is 0 Å². The predicted molar refractivity (Wildman–Crippen MR) is 137 cm³/mol. The molecule has 2 heterocycles. The van der Waals surface area contributed by atoms with E-state index < -0.39 is 17.2 Å². The largest absolute Gasteiger partial charge is 0.378 e. The lowest BCUT2D eigenvalue weighted by Crippen LogP contribution is -2.43. The zero-order valence-corrected chi connectivity index (χ0v) is 19.9. The number of pyridine rings is 1. The number of hydrogen-bond acceptors (Lipinski definition) is 6. The minimum absolute atomic E-state index is 0.0428. The highest BCUT2D eigenvalue weighted by Gasteiger charge is 2.28. The van der Waals surface area contributed by atoms with Crippen LogP contribution < -0.4 is 26.0 Å². The van der Waals surface area contributed by atoms with Gasteiger partial charge in [-0.1, -0.05) is 12.1 Å². The molecular weight excluding hydrogens is 447 g/mol. The number of rotatable bonds is 6. The van der Waals surface area contributed by atoms with Crippen molar-refractivity contribution in [3.05, 3.63) is 69.8 Å². The average molecular weight is 477 g/mol. The molecule has 1 aliphatic heterocycles. The summed E-state index contributed by atoms with van der Waals surface area (Å²) in [4.78, 5) is 30.1. The fourth-order valence-electron chi connectivity index (χ4n) is 4.41. The van der Waals surface area contributed by atoms with E-state index in [-0.39, 0.29) is 17.0 Å². The molecule has 1 aromatic heterocycles. The van der Waals surface area contributed by atoms with E-state index in [4.69, 9.17) is 0 Å². The number of halogens is 1. The molecule has 1 saturated carbocycles. The summed E-state index contributed by atoms with van der Waals surface area (Å²) in [5.74, 6) is -1.06. The molecule has 2 fully saturated rings. The molecule has 182 valence electrons. The van der Waals surface area contributed by atoms with E-state index in [2.05, 4.69) is 15.8 Å². The smallest absolute Gasteiger partial charge is 0.276 e. The van der Waals surface area contributed by atoms with E-state index >= 15 is 4.39 Å². The van der Waals surface area contributed by atoms with Crippen LogP contribution in [0.5, 0.6) is 0 Å². The molecule has 9 heteroatoms. The monoisotopic (exact) mass is 476 g/mol. The maximum Gasteiger partial charge on any atom is 0.276 e. The zero-order chi connectivity index (χ0) is 24.5. The number of nitrogens with one attached hydrogen (secondary N) is 2. The van der Waals surface area contributed by atoms with Gasteiger partial charge in [-0.25, -0.2) is 9.82 Å². The number of anilines is 2. The number of carbonyl (C=O) groups excluding carboxylic acids is 1. The molecule has 35 heavy (non-hydrogen) atoms. The second kappa shape index (κ2) is 9.50. The van der Waals surface area contributed by atoms with Crippen molar-refractivity contribution < 1.29 is 9.18 Å². The van der Waals surface area contributed by atoms with E-state index in [9.17, 15) is 9.59 Å². The lowest BCUT2D eigenvalue weighted by molar-refractivity contribution is 0.0953. The molecule has 1 aliphatic carbocycles. The van der Waals surface area contributed by atoms with Crippen molar-refractivity contribution in [2.24, 2.45) is 5.10 Å². The van der Waals surface area contributed by atoms with E-state index in [1.165, 1.54) is 12.3 Å². The first-order valence-electron chi connectivity index (χ1n) is 11.9. The Hall–Kier alpha value is -3.72. The van der Waals surface area contributed by atoms with Crippen LogP contribution in [0.2, 0.25) is 0 Å².